The molecule has 0 atom stereocenters. The standard InChI is InChI=1S/C12H12F2N2O/c1-16(6-2-5-15)8-12(17)10-4-3-9(13)7-11(10)14/h3-4,7H,2,6,8H2,1H3. The van der Waals surface area contributed by atoms with Gasteiger partial charge in [0.15, 0.2) is 5.78 Å². The minimum atomic E-state index is -0.858. The Morgan fingerprint density at radius 1 is 1.47 bits per heavy atom. The van der Waals surface area contributed by atoms with Gasteiger partial charge in [-0.2, -0.15) is 5.26 Å². The van der Waals surface area contributed by atoms with Crippen LogP contribution in [0.1, 0.15) is 16.8 Å². The van der Waals surface area contributed by atoms with Crippen molar-refractivity contribution in [2.24, 2.45) is 0 Å². The van der Waals surface area contributed by atoms with Crippen LogP contribution in [0.5, 0.6) is 0 Å². The van der Waals surface area contributed by atoms with Gasteiger partial charge in [0.05, 0.1) is 18.2 Å². The second-order valence-electron chi connectivity index (χ2n) is 3.69. The summed E-state index contributed by atoms with van der Waals surface area (Å²) in [6.07, 6.45) is 0.301. The van der Waals surface area contributed by atoms with Crippen LogP contribution >= 0.6 is 0 Å². The highest BCUT2D eigenvalue weighted by atomic mass is 19.1. The molecule has 5 heteroatoms. The summed E-state index contributed by atoms with van der Waals surface area (Å²) in [6, 6.07) is 4.81. The molecule has 0 saturated heterocycles. The van der Waals surface area contributed by atoms with Gasteiger partial charge < -0.3 is 0 Å². The highest BCUT2D eigenvalue weighted by Crippen LogP contribution is 2.10. The van der Waals surface area contributed by atoms with Crippen molar-refractivity contribution in [3.8, 4) is 6.07 Å². The first-order valence-electron chi connectivity index (χ1n) is 5.08. The maximum Gasteiger partial charge on any atom is 0.179 e. The Morgan fingerprint density at radius 2 is 2.18 bits per heavy atom. The molecule has 0 heterocycles. The third-order valence-corrected chi connectivity index (χ3v) is 2.25. The molecular weight excluding hydrogens is 226 g/mol. The van der Waals surface area contributed by atoms with E-state index in [0.717, 1.165) is 12.1 Å². The normalized spacial score (nSPS) is 10.3. The molecule has 0 aliphatic rings. The molecule has 0 aliphatic heterocycles. The molecule has 0 spiro atoms. The number of likely N-dealkylation sites (N-methyl/N-ethyl adjacent to an activating group) is 1. The second kappa shape index (κ2) is 6.06. The van der Waals surface area contributed by atoms with E-state index in [4.69, 9.17) is 5.26 Å². The van der Waals surface area contributed by atoms with Crippen LogP contribution in [-0.4, -0.2) is 30.8 Å². The third-order valence-electron chi connectivity index (χ3n) is 2.25. The maximum atomic E-state index is 13.3. The lowest BCUT2D eigenvalue weighted by Gasteiger charge is -2.13. The van der Waals surface area contributed by atoms with Crippen molar-refractivity contribution in [2.45, 2.75) is 6.42 Å². The van der Waals surface area contributed by atoms with E-state index in [9.17, 15) is 13.6 Å². The van der Waals surface area contributed by atoms with E-state index in [0.29, 0.717) is 19.0 Å². The Bertz CT molecular complexity index is 454. The summed E-state index contributed by atoms with van der Waals surface area (Å²) in [4.78, 5) is 13.3. The number of carbonyl (C=O) groups excluding carboxylic acids is 1. The summed E-state index contributed by atoms with van der Waals surface area (Å²) < 4.78 is 25.9. The van der Waals surface area contributed by atoms with Gasteiger partial charge in [0, 0.05) is 19.0 Å². The molecule has 0 aromatic heterocycles. The van der Waals surface area contributed by atoms with Crippen LogP contribution in [-0.2, 0) is 0 Å². The van der Waals surface area contributed by atoms with Crippen LogP contribution in [0.2, 0.25) is 0 Å². The van der Waals surface area contributed by atoms with Gasteiger partial charge in [-0.05, 0) is 19.2 Å². The topological polar surface area (TPSA) is 44.1 Å². The summed E-state index contributed by atoms with van der Waals surface area (Å²) in [5.74, 6) is -2.00. The Kier molecular flexibility index (Phi) is 4.73. The number of ketones is 1. The molecule has 0 bridgehead atoms. The fourth-order valence-electron chi connectivity index (χ4n) is 1.37. The molecule has 0 aliphatic carbocycles. The molecule has 1 aromatic carbocycles. The lowest BCUT2D eigenvalue weighted by molar-refractivity contribution is 0.0943. The van der Waals surface area contributed by atoms with Gasteiger partial charge in [0.2, 0.25) is 0 Å². The fraction of sp³-hybridized carbons (Fsp3) is 0.333. The third kappa shape index (κ3) is 3.93. The number of benzene rings is 1. The van der Waals surface area contributed by atoms with Crippen LogP contribution in [0.25, 0.3) is 0 Å². The SMILES string of the molecule is CN(CCC#N)CC(=O)c1ccc(F)cc1F. The van der Waals surface area contributed by atoms with Gasteiger partial charge in [0.25, 0.3) is 0 Å². The maximum absolute atomic E-state index is 13.3. The first-order valence-corrected chi connectivity index (χ1v) is 5.08. The van der Waals surface area contributed by atoms with Gasteiger partial charge in [-0.1, -0.05) is 0 Å². The molecule has 90 valence electrons. The first kappa shape index (κ1) is 13.3. The summed E-state index contributed by atoms with van der Waals surface area (Å²) in [5.41, 5.74) is -0.129. The number of rotatable bonds is 5. The van der Waals surface area contributed by atoms with Crippen molar-refractivity contribution in [1.82, 2.24) is 4.90 Å². The molecule has 0 amide bonds. The van der Waals surface area contributed by atoms with Crippen molar-refractivity contribution in [2.75, 3.05) is 20.1 Å². The van der Waals surface area contributed by atoms with E-state index in [2.05, 4.69) is 0 Å². The molecule has 3 nitrogen and oxygen atoms in total. The molecule has 0 fully saturated rings. The molecule has 1 rings (SSSR count). The molecule has 0 unspecified atom stereocenters. The molecule has 0 saturated carbocycles. The van der Waals surface area contributed by atoms with E-state index < -0.39 is 17.4 Å². The number of Topliss-reactive ketones (excluding diaryl/α,β-unsaturated/α-hetero) is 1. The average molecular weight is 238 g/mol. The number of nitriles is 1. The number of halogens is 2. The molecule has 0 N–H and O–H groups in total. The lowest BCUT2D eigenvalue weighted by atomic mass is 10.1. The van der Waals surface area contributed by atoms with E-state index in [1.807, 2.05) is 6.07 Å². The lowest BCUT2D eigenvalue weighted by Crippen LogP contribution is -2.27. The Labute approximate surface area is 98.3 Å². The fourth-order valence-corrected chi connectivity index (χ4v) is 1.37. The second-order valence-corrected chi connectivity index (χ2v) is 3.69. The van der Waals surface area contributed by atoms with Crippen molar-refractivity contribution < 1.29 is 13.6 Å². The minimum Gasteiger partial charge on any atom is -0.298 e. The van der Waals surface area contributed by atoms with Crippen molar-refractivity contribution in [1.29, 1.82) is 5.26 Å². The van der Waals surface area contributed by atoms with Gasteiger partial charge in [0.1, 0.15) is 11.6 Å². The quantitative estimate of drug-likeness (QED) is 0.737. The van der Waals surface area contributed by atoms with Crippen LogP contribution in [0, 0.1) is 23.0 Å². The predicted molar refractivity (Wildman–Crippen MR) is 58.4 cm³/mol. The van der Waals surface area contributed by atoms with Crippen LogP contribution < -0.4 is 0 Å². The number of hydrogen-bond acceptors (Lipinski definition) is 3. The zero-order valence-electron chi connectivity index (χ0n) is 9.41. The van der Waals surface area contributed by atoms with Gasteiger partial charge >= 0.3 is 0 Å². The van der Waals surface area contributed by atoms with Crippen LogP contribution in [0.4, 0.5) is 8.78 Å². The molecule has 0 radical (unpaired) electrons. The van der Waals surface area contributed by atoms with Crippen LogP contribution in [0.15, 0.2) is 18.2 Å². The van der Waals surface area contributed by atoms with Gasteiger partial charge in [-0.3, -0.25) is 9.69 Å². The minimum absolute atomic E-state index is 0.00420. The molecular formula is C12H12F2N2O. The van der Waals surface area contributed by atoms with E-state index in [1.165, 1.54) is 0 Å². The van der Waals surface area contributed by atoms with Crippen molar-refractivity contribution in [3.63, 3.8) is 0 Å². The van der Waals surface area contributed by atoms with E-state index in [1.54, 1.807) is 11.9 Å². The monoisotopic (exact) mass is 238 g/mol. The average Bonchev–Trinajstić information content (AvgIpc) is 2.26. The summed E-state index contributed by atoms with van der Waals surface area (Å²) in [7, 11) is 1.66. The number of hydrogen-bond donors (Lipinski definition) is 0. The highest BCUT2D eigenvalue weighted by molar-refractivity contribution is 5.97. The smallest absolute Gasteiger partial charge is 0.179 e. The van der Waals surface area contributed by atoms with Crippen molar-refractivity contribution in [3.05, 3.63) is 35.4 Å². The zero-order valence-corrected chi connectivity index (χ0v) is 9.41. The van der Waals surface area contributed by atoms with E-state index in [-0.39, 0.29) is 12.1 Å². The Morgan fingerprint density at radius 3 is 2.76 bits per heavy atom. The first-order chi connectivity index (χ1) is 8.04. The van der Waals surface area contributed by atoms with Gasteiger partial charge in [-0.15, -0.1) is 0 Å². The highest BCUT2D eigenvalue weighted by Gasteiger charge is 2.14. The number of nitrogens with zero attached hydrogens (tertiary/aromatic N) is 2. The largest absolute Gasteiger partial charge is 0.298 e. The summed E-state index contributed by atoms with van der Waals surface area (Å²) >= 11 is 0. The van der Waals surface area contributed by atoms with Gasteiger partial charge in [-0.25, -0.2) is 8.78 Å². The summed E-state index contributed by atoms with van der Waals surface area (Å²) in [5, 5.41) is 8.38. The van der Waals surface area contributed by atoms with E-state index >= 15 is 0 Å². The molecule has 1 aromatic rings. The Hall–Kier alpha value is -1.80. The van der Waals surface area contributed by atoms with Crippen molar-refractivity contribution >= 4 is 5.78 Å². The summed E-state index contributed by atoms with van der Waals surface area (Å²) in [6.45, 7) is 0.440. The van der Waals surface area contributed by atoms with Crippen LogP contribution in [0.3, 0.4) is 0 Å². The Balaban J connectivity index is 2.67. The molecule has 17 heavy (non-hydrogen) atoms. The zero-order chi connectivity index (χ0) is 12.8. The predicted octanol–water partition coefficient (Wildman–Crippen LogP) is 1.99. The number of carbonyl (C=O) groups is 1.